The number of hydrogen-bond acceptors (Lipinski definition) is 3. The van der Waals surface area contributed by atoms with Crippen molar-refractivity contribution in [3.05, 3.63) is 0 Å². The van der Waals surface area contributed by atoms with Crippen LogP contribution in [0.2, 0.25) is 0 Å². The van der Waals surface area contributed by atoms with Gasteiger partial charge in [0.25, 0.3) is 0 Å². The lowest BCUT2D eigenvalue weighted by Crippen LogP contribution is -2.50. The van der Waals surface area contributed by atoms with Gasteiger partial charge in [0, 0.05) is 0 Å². The number of hydrogen-bond donors (Lipinski definition) is 1. The Balaban J connectivity index is 0. The molecule has 0 fully saturated rings. The van der Waals surface area contributed by atoms with Crippen LogP contribution in [-0.4, -0.2) is 6.54 Å². The molecule has 3 N–H and O–H groups in total. The van der Waals surface area contributed by atoms with Gasteiger partial charge in [0.05, 0.1) is 17.3 Å². The zero-order valence-electron chi connectivity index (χ0n) is 9.67. The molecule has 0 aromatic heterocycles. The van der Waals surface area contributed by atoms with Gasteiger partial charge in [0.2, 0.25) is 0 Å². The average molecular weight is 242 g/mol. The Morgan fingerprint density at radius 3 is 1.47 bits per heavy atom. The molecule has 0 bridgehead atoms. The maximum atomic E-state index is 8.41. The summed E-state index contributed by atoms with van der Waals surface area (Å²) in [5.41, 5.74) is 3.83. The molecular weight excluding hydrogens is 218 g/mol. The molecule has 0 amide bonds. The van der Waals surface area contributed by atoms with E-state index in [1.165, 1.54) is 51.4 Å². The largest absolute Gasteiger partial charge is 0.358 e. The van der Waals surface area contributed by atoms with Gasteiger partial charge in [0.15, 0.2) is 0 Å². The molecule has 0 rings (SSSR count). The fourth-order valence-corrected chi connectivity index (χ4v) is 1.31. The highest BCUT2D eigenvalue weighted by Gasteiger charge is 1.89. The molecule has 94 valence electrons. The predicted molar refractivity (Wildman–Crippen MR) is 50.4 cm³/mol. The first-order chi connectivity index (χ1) is 7.15. The average Bonchev–Trinajstić information content (AvgIpc) is 2.16. The Morgan fingerprint density at radius 1 is 0.800 bits per heavy atom. The number of halogens is 1. The minimum absolute atomic E-state index is 1.12. The predicted octanol–water partition coefficient (Wildman–Crippen LogP) is -1.20. The van der Waals surface area contributed by atoms with Crippen LogP contribution in [0.1, 0.15) is 58.3 Å². The molecule has 0 spiro atoms. The van der Waals surface area contributed by atoms with E-state index in [0.29, 0.717) is 0 Å². The van der Waals surface area contributed by atoms with E-state index in [1.54, 1.807) is 0 Å². The van der Waals surface area contributed by atoms with Gasteiger partial charge < -0.3 is 19.7 Å². The SMILES string of the molecule is CCCCCCCCCC[NH3+].[O-][Cl+2]([O-])[O-]. The molecule has 0 aromatic rings. The Morgan fingerprint density at radius 2 is 1.13 bits per heavy atom. The lowest BCUT2D eigenvalue weighted by atomic mass is 10.1. The van der Waals surface area contributed by atoms with Gasteiger partial charge in [-0.2, -0.15) is 0 Å². The number of quaternary nitrogens is 1. The summed E-state index contributed by atoms with van der Waals surface area (Å²) in [6, 6.07) is 0. The van der Waals surface area contributed by atoms with Gasteiger partial charge in [-0.3, -0.25) is 0 Å². The second-order valence-electron chi connectivity index (χ2n) is 3.52. The van der Waals surface area contributed by atoms with Crippen molar-refractivity contribution in [1.29, 1.82) is 0 Å². The summed E-state index contributed by atoms with van der Waals surface area (Å²) in [6.45, 7) is 3.39. The molecule has 0 aliphatic rings. The van der Waals surface area contributed by atoms with Crippen molar-refractivity contribution >= 4 is 0 Å². The molecule has 0 radical (unpaired) electrons. The molecule has 0 saturated heterocycles. The summed E-state index contributed by atoms with van der Waals surface area (Å²) >= 11 is 0. The van der Waals surface area contributed by atoms with E-state index in [0.717, 1.165) is 6.54 Å². The standard InChI is InChI=1S/C10H23N.ClO3/c1-2-3-4-5-6-7-8-9-10-11;2-1(3)4/h2-11H2,1H3;/q;-1/p+1. The lowest BCUT2D eigenvalue weighted by molar-refractivity contribution is -1.73. The van der Waals surface area contributed by atoms with Gasteiger partial charge in [-0.15, -0.1) is 0 Å². The van der Waals surface area contributed by atoms with E-state index < -0.39 is 10.8 Å². The van der Waals surface area contributed by atoms with Gasteiger partial charge in [-0.1, -0.05) is 45.4 Å². The number of unbranched alkanes of at least 4 members (excludes halogenated alkanes) is 7. The highest BCUT2D eigenvalue weighted by atomic mass is 35.6. The maximum Gasteiger partial charge on any atom is 0.0739 e. The van der Waals surface area contributed by atoms with Crippen LogP contribution in [0.15, 0.2) is 0 Å². The Bertz CT molecular complexity index is 93.9. The molecular formula is C10H24ClNO3. The monoisotopic (exact) mass is 241 g/mol. The molecule has 0 saturated carbocycles. The lowest BCUT2D eigenvalue weighted by Gasteiger charge is -1.98. The normalized spacial score (nSPS) is 10.0. The molecule has 0 atom stereocenters. The first kappa shape index (κ1) is 17.5. The number of rotatable bonds is 8. The Hall–Kier alpha value is 0.130. The van der Waals surface area contributed by atoms with Crippen LogP contribution in [0.4, 0.5) is 0 Å². The smallest absolute Gasteiger partial charge is 0.0739 e. The van der Waals surface area contributed by atoms with Crippen molar-refractivity contribution in [1.82, 2.24) is 0 Å². The van der Waals surface area contributed by atoms with Crippen molar-refractivity contribution in [2.45, 2.75) is 58.3 Å². The summed E-state index contributed by atoms with van der Waals surface area (Å²) in [6.07, 6.45) is 11.3. The Kier molecular flexibility index (Phi) is 19.3. The van der Waals surface area contributed by atoms with Crippen LogP contribution in [0, 0.1) is 10.8 Å². The fourth-order valence-electron chi connectivity index (χ4n) is 1.31. The molecule has 0 aromatic carbocycles. The van der Waals surface area contributed by atoms with E-state index in [4.69, 9.17) is 14.0 Å². The first-order valence-electron chi connectivity index (χ1n) is 5.67. The maximum absolute atomic E-state index is 8.41. The van der Waals surface area contributed by atoms with Crippen molar-refractivity contribution in [3.63, 3.8) is 0 Å². The van der Waals surface area contributed by atoms with Crippen molar-refractivity contribution in [3.8, 4) is 0 Å². The van der Waals surface area contributed by atoms with Gasteiger partial charge in [-0.25, -0.2) is 0 Å². The van der Waals surface area contributed by atoms with Crippen molar-refractivity contribution < 1.29 is 30.5 Å². The minimum atomic E-state index is -2.85. The van der Waals surface area contributed by atoms with Gasteiger partial charge in [0.1, 0.15) is 0 Å². The Labute approximate surface area is 95.9 Å². The van der Waals surface area contributed by atoms with E-state index >= 15 is 0 Å². The molecule has 5 heteroatoms. The first-order valence-corrected chi connectivity index (χ1v) is 6.60. The zero-order valence-corrected chi connectivity index (χ0v) is 10.4. The minimum Gasteiger partial charge on any atom is -0.358 e. The fraction of sp³-hybridized carbons (Fsp3) is 1.00. The highest BCUT2D eigenvalue weighted by Crippen LogP contribution is 2.07. The van der Waals surface area contributed by atoms with Crippen LogP contribution in [0.5, 0.6) is 0 Å². The molecule has 0 heterocycles. The van der Waals surface area contributed by atoms with Crippen LogP contribution in [0.3, 0.4) is 0 Å². The van der Waals surface area contributed by atoms with E-state index in [1.807, 2.05) is 0 Å². The third-order valence-corrected chi connectivity index (χ3v) is 2.10. The summed E-state index contributed by atoms with van der Waals surface area (Å²) in [5, 5.41) is 0. The quantitative estimate of drug-likeness (QED) is 0.541. The summed E-state index contributed by atoms with van der Waals surface area (Å²) in [4.78, 5) is 0. The van der Waals surface area contributed by atoms with E-state index in [2.05, 4.69) is 12.7 Å². The molecule has 15 heavy (non-hydrogen) atoms. The van der Waals surface area contributed by atoms with Crippen LogP contribution < -0.4 is 19.7 Å². The third kappa shape index (κ3) is 31.5. The van der Waals surface area contributed by atoms with Crippen molar-refractivity contribution in [2.24, 2.45) is 0 Å². The summed E-state index contributed by atoms with van der Waals surface area (Å²) < 4.78 is 25.2. The zero-order chi connectivity index (χ0) is 11.9. The van der Waals surface area contributed by atoms with Gasteiger partial charge in [-0.05, 0) is 12.8 Å². The second kappa shape index (κ2) is 16.6. The van der Waals surface area contributed by atoms with E-state index in [9.17, 15) is 0 Å². The topological polar surface area (TPSA) is 96.8 Å². The molecule has 0 unspecified atom stereocenters. The molecule has 0 aliphatic carbocycles. The molecule has 4 nitrogen and oxygen atoms in total. The van der Waals surface area contributed by atoms with Crippen LogP contribution >= 0.6 is 0 Å². The van der Waals surface area contributed by atoms with Crippen LogP contribution in [0.25, 0.3) is 0 Å². The van der Waals surface area contributed by atoms with Gasteiger partial charge >= 0.3 is 0 Å². The second-order valence-corrected chi connectivity index (χ2v) is 3.90. The highest BCUT2D eigenvalue weighted by molar-refractivity contribution is 4.44. The molecule has 0 aliphatic heterocycles. The van der Waals surface area contributed by atoms with Crippen molar-refractivity contribution in [2.75, 3.05) is 6.54 Å². The van der Waals surface area contributed by atoms with E-state index in [-0.39, 0.29) is 0 Å². The summed E-state index contributed by atoms with van der Waals surface area (Å²) in [5.74, 6) is 0. The third-order valence-electron chi connectivity index (χ3n) is 2.10. The summed E-state index contributed by atoms with van der Waals surface area (Å²) in [7, 11) is -2.85. The van der Waals surface area contributed by atoms with Crippen LogP contribution in [-0.2, 0) is 0 Å².